The summed E-state index contributed by atoms with van der Waals surface area (Å²) >= 11 is 8.55. The van der Waals surface area contributed by atoms with E-state index in [0.717, 1.165) is 35.6 Å². The molecule has 2 aromatic carbocycles. The Balaban J connectivity index is 2.24. The van der Waals surface area contributed by atoms with Crippen molar-refractivity contribution in [1.29, 1.82) is 0 Å². The predicted molar refractivity (Wildman–Crippen MR) is 150 cm³/mol. The molecule has 0 saturated carbocycles. The van der Waals surface area contributed by atoms with Crippen molar-refractivity contribution in [2.45, 2.75) is 64.7 Å². The van der Waals surface area contributed by atoms with Crippen molar-refractivity contribution < 1.29 is 31.1 Å². The number of allylic oxidation sites excluding steroid dienone is 1. The number of carbonyl (C=O) groups excluding carboxylic acids is 1. The third-order valence-electron chi connectivity index (χ3n) is 6.01. The van der Waals surface area contributed by atoms with E-state index in [2.05, 4.69) is 21.2 Å². The van der Waals surface area contributed by atoms with Crippen LogP contribution in [0, 0.1) is 6.92 Å². The molecule has 0 aliphatic carbocycles. The number of nitrogens with one attached hydrogen (secondary N) is 2. The molecule has 0 fully saturated rings. The van der Waals surface area contributed by atoms with Gasteiger partial charge in [0.25, 0.3) is 0 Å². The number of amides is 1. The van der Waals surface area contributed by atoms with E-state index in [9.17, 15) is 31.1 Å². The lowest BCUT2D eigenvalue weighted by Gasteiger charge is -2.21. The Labute approximate surface area is 238 Å². The molecule has 2 N–H and O–H groups in total. The molecule has 1 amide bonds. The van der Waals surface area contributed by atoms with E-state index in [-0.39, 0.29) is 10.6 Å². The fourth-order valence-corrected chi connectivity index (χ4v) is 5.03. The van der Waals surface area contributed by atoms with Crippen molar-refractivity contribution >= 4 is 45.1 Å². The second-order valence-corrected chi connectivity index (χ2v) is 10.4. The maximum absolute atomic E-state index is 14.2. The second kappa shape index (κ2) is 14.3. The highest BCUT2D eigenvalue weighted by Gasteiger charge is 2.39. The minimum Gasteiger partial charge on any atom is -0.367 e. The van der Waals surface area contributed by atoms with Crippen LogP contribution in [0.4, 0.5) is 26.3 Å². The van der Waals surface area contributed by atoms with Crippen LogP contribution in [0.25, 0.3) is 6.08 Å². The molecular weight excluding hydrogens is 606 g/mol. The average Bonchev–Trinajstić information content (AvgIpc) is 2.83. The van der Waals surface area contributed by atoms with Gasteiger partial charge in [0, 0.05) is 10.0 Å². The number of halogens is 7. The topological polar surface area (TPSA) is 41.1 Å². The molecule has 1 unspecified atom stereocenters. The summed E-state index contributed by atoms with van der Waals surface area (Å²) in [5.74, 6) is -2.68. The highest BCUT2D eigenvalue weighted by molar-refractivity contribution is 9.10. The monoisotopic (exact) mass is 636 g/mol. The van der Waals surface area contributed by atoms with Gasteiger partial charge in [-0.05, 0) is 53.6 Å². The Morgan fingerprint density at radius 1 is 1.00 bits per heavy atom. The molecule has 0 bridgehead atoms. The normalized spacial score (nSPS) is 13.0. The Morgan fingerprint density at radius 3 is 2.08 bits per heavy atom. The third-order valence-corrected chi connectivity index (χ3v) is 7.03. The number of carbonyl (C=O) groups is 1. The van der Waals surface area contributed by atoms with Crippen molar-refractivity contribution in [3.8, 4) is 0 Å². The third kappa shape index (κ3) is 10.3. The van der Waals surface area contributed by atoms with Crippen LogP contribution in [0.2, 0.25) is 0 Å². The van der Waals surface area contributed by atoms with Crippen molar-refractivity contribution in [2.75, 3.05) is 13.1 Å². The van der Waals surface area contributed by atoms with Crippen molar-refractivity contribution in [1.82, 2.24) is 10.6 Å². The average molecular weight is 638 g/mol. The zero-order valence-corrected chi connectivity index (χ0v) is 24.2. The van der Waals surface area contributed by atoms with Gasteiger partial charge in [-0.2, -0.15) is 26.3 Å². The second-order valence-electron chi connectivity index (χ2n) is 9.16. The van der Waals surface area contributed by atoms with Gasteiger partial charge >= 0.3 is 12.4 Å². The molecular formula is C28H31BrF6N2OS. The lowest BCUT2D eigenvalue weighted by atomic mass is 9.88. The number of benzene rings is 2. The number of hydrogen-bond acceptors (Lipinski definition) is 2. The summed E-state index contributed by atoms with van der Waals surface area (Å²) in [5.41, 5.74) is 4.04. The Kier molecular flexibility index (Phi) is 12.0. The molecule has 2 aromatic rings. The van der Waals surface area contributed by atoms with E-state index in [1.54, 1.807) is 35.6 Å². The van der Waals surface area contributed by atoms with Gasteiger partial charge in [-0.1, -0.05) is 91.3 Å². The first-order chi connectivity index (χ1) is 18.2. The van der Waals surface area contributed by atoms with E-state index < -0.39 is 37.3 Å². The van der Waals surface area contributed by atoms with Crippen LogP contribution >= 0.6 is 28.1 Å². The van der Waals surface area contributed by atoms with Gasteiger partial charge in [-0.15, -0.1) is 0 Å². The van der Waals surface area contributed by atoms with Gasteiger partial charge in [0.05, 0.1) is 12.5 Å². The minimum absolute atomic E-state index is 0.0966. The standard InChI is InChI=1S/C28H31BrF6N2OS/c1-4-6-19-13-21(14-20(7-5-2)17(19)3)23(28(33,34)35)11-9-18-8-10-22(24(29)12-18)26(39)36-15-25(38)37-16-27(30,31)32/h8-14,23H,4-7,15-16H2,1-3H3,(H,36,39)(H,37,38)/b11-9+. The first kappa shape index (κ1) is 32.8. The summed E-state index contributed by atoms with van der Waals surface area (Å²) in [7, 11) is 0. The van der Waals surface area contributed by atoms with Crippen molar-refractivity contribution in [2.24, 2.45) is 0 Å². The molecule has 3 nitrogen and oxygen atoms in total. The highest BCUT2D eigenvalue weighted by atomic mass is 79.9. The number of aryl methyl sites for hydroxylation is 2. The Morgan fingerprint density at radius 2 is 1.59 bits per heavy atom. The van der Waals surface area contributed by atoms with E-state index in [4.69, 9.17) is 12.2 Å². The molecule has 2 rings (SSSR count). The van der Waals surface area contributed by atoms with Gasteiger partial charge in [-0.3, -0.25) is 4.79 Å². The molecule has 0 saturated heterocycles. The van der Waals surface area contributed by atoms with Gasteiger partial charge in [-0.25, -0.2) is 0 Å². The van der Waals surface area contributed by atoms with Gasteiger partial charge in [0.15, 0.2) is 0 Å². The van der Waals surface area contributed by atoms with Gasteiger partial charge in [0.2, 0.25) is 5.91 Å². The largest absolute Gasteiger partial charge is 0.405 e. The summed E-state index contributed by atoms with van der Waals surface area (Å²) < 4.78 is 79.7. The summed E-state index contributed by atoms with van der Waals surface area (Å²) in [5, 5.41) is 4.31. The van der Waals surface area contributed by atoms with Gasteiger partial charge < -0.3 is 10.6 Å². The molecule has 11 heteroatoms. The molecule has 0 heterocycles. The van der Waals surface area contributed by atoms with Crippen LogP contribution in [0.3, 0.4) is 0 Å². The van der Waals surface area contributed by atoms with E-state index in [1.807, 2.05) is 20.8 Å². The van der Waals surface area contributed by atoms with E-state index in [1.165, 1.54) is 6.08 Å². The van der Waals surface area contributed by atoms with E-state index in [0.29, 0.717) is 28.4 Å². The first-order valence-corrected chi connectivity index (χ1v) is 13.6. The Hall–Kier alpha value is -2.40. The highest BCUT2D eigenvalue weighted by Crippen LogP contribution is 2.38. The summed E-state index contributed by atoms with van der Waals surface area (Å²) in [4.78, 5) is 11.7. The minimum atomic E-state index is -4.53. The van der Waals surface area contributed by atoms with Crippen molar-refractivity contribution in [3.05, 3.63) is 74.3 Å². The lowest BCUT2D eigenvalue weighted by Crippen LogP contribution is -2.40. The first-order valence-electron chi connectivity index (χ1n) is 12.4. The number of alkyl halides is 6. The summed E-state index contributed by atoms with van der Waals surface area (Å²) in [6, 6.07) is 8.03. The predicted octanol–water partition coefficient (Wildman–Crippen LogP) is 7.97. The maximum Gasteiger partial charge on any atom is 0.405 e. The lowest BCUT2D eigenvalue weighted by molar-refractivity contribution is -0.139. The number of rotatable bonds is 11. The van der Waals surface area contributed by atoms with Gasteiger partial charge in [0.1, 0.15) is 11.5 Å². The van der Waals surface area contributed by atoms with Crippen LogP contribution in [-0.4, -0.2) is 36.3 Å². The molecule has 0 aromatic heterocycles. The number of thiocarbonyl (C=S) groups is 1. The molecule has 0 aliphatic heterocycles. The van der Waals surface area contributed by atoms with Crippen LogP contribution in [0.15, 0.2) is 40.9 Å². The summed E-state index contributed by atoms with van der Waals surface area (Å²) in [6.45, 7) is 4.04. The zero-order chi connectivity index (χ0) is 29.4. The van der Waals surface area contributed by atoms with Crippen LogP contribution in [0.1, 0.15) is 66.0 Å². The smallest absolute Gasteiger partial charge is 0.367 e. The molecule has 39 heavy (non-hydrogen) atoms. The molecule has 214 valence electrons. The fraction of sp³-hybridized carbons (Fsp3) is 0.429. The Bertz CT molecular complexity index is 1170. The van der Waals surface area contributed by atoms with Crippen LogP contribution in [0.5, 0.6) is 0 Å². The SMILES string of the molecule is CCCc1cc(C(/C=C/c2ccc(C(=S)NCC(=O)NCC(F)(F)F)c(Br)c2)C(F)(F)F)cc(CCC)c1C. The van der Waals surface area contributed by atoms with E-state index >= 15 is 0 Å². The molecule has 0 aliphatic rings. The van der Waals surface area contributed by atoms with Crippen molar-refractivity contribution in [3.63, 3.8) is 0 Å². The fourth-order valence-electron chi connectivity index (χ4n) is 4.06. The zero-order valence-electron chi connectivity index (χ0n) is 21.8. The quantitative estimate of drug-likeness (QED) is 0.194. The van der Waals surface area contributed by atoms with Crippen LogP contribution in [-0.2, 0) is 17.6 Å². The molecule has 0 spiro atoms. The van der Waals surface area contributed by atoms with Crippen LogP contribution < -0.4 is 10.6 Å². The maximum atomic E-state index is 14.2. The molecule has 1 atom stereocenters. The molecule has 0 radical (unpaired) electrons. The number of hydrogen-bond donors (Lipinski definition) is 2. The summed E-state index contributed by atoms with van der Waals surface area (Å²) in [6.07, 6.45) is -3.41.